The van der Waals surface area contributed by atoms with E-state index in [9.17, 15) is 18.8 Å². The Morgan fingerprint density at radius 1 is 1.16 bits per heavy atom. The number of esters is 1. The van der Waals surface area contributed by atoms with Crippen molar-refractivity contribution in [2.45, 2.75) is 77.2 Å². The first-order valence-corrected chi connectivity index (χ1v) is 15.1. The number of fused-ring (bicyclic) bond motifs is 5. The molecule has 3 fully saturated rings. The van der Waals surface area contributed by atoms with Crippen molar-refractivity contribution in [3.05, 3.63) is 23.5 Å². The molecular weight excluding hydrogens is 525 g/mol. The average Bonchev–Trinajstić information content (AvgIpc) is 3.08. The van der Waals surface area contributed by atoms with Crippen molar-refractivity contribution >= 4 is 40.4 Å². The molecule has 0 aromatic heterocycles. The molecule has 0 amide bonds. The van der Waals surface area contributed by atoms with Gasteiger partial charge in [0.05, 0.1) is 5.41 Å². The summed E-state index contributed by atoms with van der Waals surface area (Å²) in [6.07, 6.45) is 3.03. The van der Waals surface area contributed by atoms with Crippen LogP contribution in [0.25, 0.3) is 0 Å². The minimum absolute atomic E-state index is 0.0347. The number of halogens is 3. The molecule has 0 spiro atoms. The van der Waals surface area contributed by atoms with Gasteiger partial charge in [-0.2, -0.15) is 0 Å². The molecule has 206 valence electrons. The molecule has 10 heteroatoms. The maximum absolute atomic E-state index is 17.7. The molecule has 0 heterocycles. The Bertz CT molecular complexity index is 1050. The molecule has 0 aromatic carbocycles. The highest BCUT2D eigenvalue weighted by molar-refractivity contribution is 8.13. The lowest BCUT2D eigenvalue weighted by Crippen LogP contribution is -2.66. The molecule has 0 radical (unpaired) electrons. The third-order valence-electron chi connectivity index (χ3n) is 9.71. The highest BCUT2D eigenvalue weighted by Gasteiger charge is 2.76. The van der Waals surface area contributed by atoms with Crippen molar-refractivity contribution in [1.82, 2.24) is 0 Å². The van der Waals surface area contributed by atoms with Crippen LogP contribution in [0.4, 0.5) is 13.2 Å². The maximum atomic E-state index is 17.7. The monoisotopic (exact) mass is 560 g/mol. The van der Waals surface area contributed by atoms with Crippen molar-refractivity contribution in [3.8, 4) is 0 Å². The lowest BCUT2D eigenvalue weighted by atomic mass is 9.45. The van der Waals surface area contributed by atoms with E-state index in [0.29, 0.717) is 18.2 Å². The normalized spacial score (nSPS) is 42.6. The number of hydrogen-bond acceptors (Lipinski definition) is 7. The van der Waals surface area contributed by atoms with Crippen LogP contribution >= 0.6 is 23.5 Å². The van der Waals surface area contributed by atoms with Crippen molar-refractivity contribution in [1.29, 1.82) is 0 Å². The summed E-state index contributed by atoms with van der Waals surface area (Å²) in [7, 11) is 0. The molecule has 8 unspecified atom stereocenters. The lowest BCUT2D eigenvalue weighted by Gasteiger charge is -2.62. The van der Waals surface area contributed by atoms with E-state index in [1.54, 1.807) is 20.8 Å². The maximum Gasteiger partial charge on any atom is 0.306 e. The number of ketones is 1. The van der Waals surface area contributed by atoms with Crippen LogP contribution in [0.1, 0.15) is 59.8 Å². The van der Waals surface area contributed by atoms with Crippen LogP contribution in [-0.4, -0.2) is 52.5 Å². The predicted octanol–water partition coefficient (Wildman–Crippen LogP) is 6.12. The highest BCUT2D eigenvalue weighted by atomic mass is 32.2. The van der Waals surface area contributed by atoms with Crippen LogP contribution < -0.4 is 0 Å². The zero-order chi connectivity index (χ0) is 27.4. The van der Waals surface area contributed by atoms with Gasteiger partial charge in [-0.15, -0.1) is 11.8 Å². The van der Waals surface area contributed by atoms with Crippen LogP contribution in [0, 0.1) is 28.6 Å². The first-order valence-electron chi connectivity index (χ1n) is 12.7. The molecule has 0 aromatic rings. The molecule has 8 atom stereocenters. The van der Waals surface area contributed by atoms with Crippen LogP contribution in [0.2, 0.25) is 0 Å². The quantitative estimate of drug-likeness (QED) is 0.274. The van der Waals surface area contributed by atoms with E-state index in [-0.39, 0.29) is 43.0 Å². The van der Waals surface area contributed by atoms with Gasteiger partial charge in [-0.3, -0.25) is 14.4 Å². The summed E-state index contributed by atoms with van der Waals surface area (Å²) in [6, 6.07) is -0.970. The lowest BCUT2D eigenvalue weighted by molar-refractivity contribution is -0.202. The zero-order valence-electron chi connectivity index (χ0n) is 21.9. The molecule has 4 rings (SSSR count). The first-order chi connectivity index (χ1) is 17.4. The van der Waals surface area contributed by atoms with Crippen molar-refractivity contribution in [3.63, 3.8) is 0 Å². The number of hydrogen-bond donors (Lipinski definition) is 0. The largest absolute Gasteiger partial charge is 0.486 e. The van der Waals surface area contributed by atoms with Gasteiger partial charge in [0.25, 0.3) is 0 Å². The molecule has 0 bridgehead atoms. The molecule has 4 aliphatic carbocycles. The smallest absolute Gasteiger partial charge is 0.306 e. The van der Waals surface area contributed by atoms with Crippen LogP contribution in [0.3, 0.4) is 0 Å². The van der Waals surface area contributed by atoms with E-state index >= 15 is 8.78 Å². The Hall–Kier alpha value is -1.42. The number of thioether (sulfide) groups is 2. The van der Waals surface area contributed by atoms with E-state index in [1.807, 2.05) is 13.2 Å². The number of ether oxygens (including phenoxy) is 2. The van der Waals surface area contributed by atoms with Crippen LogP contribution in [0.5, 0.6) is 0 Å². The Morgan fingerprint density at radius 3 is 2.49 bits per heavy atom. The Labute approximate surface area is 224 Å². The second-order valence-electron chi connectivity index (χ2n) is 11.1. The van der Waals surface area contributed by atoms with Gasteiger partial charge >= 0.3 is 5.97 Å². The van der Waals surface area contributed by atoms with Gasteiger partial charge in [0.15, 0.2) is 11.4 Å². The average molecular weight is 561 g/mol. The van der Waals surface area contributed by atoms with Gasteiger partial charge in [0.1, 0.15) is 29.5 Å². The number of carbonyl (C=O) groups excluding carboxylic acids is 3. The van der Waals surface area contributed by atoms with Crippen molar-refractivity contribution in [2.24, 2.45) is 28.6 Å². The molecule has 0 N–H and O–H groups in total. The summed E-state index contributed by atoms with van der Waals surface area (Å²) in [4.78, 5) is 38.5. The standard InChI is InChI=1S/C27H35F3O5S2/c1-6-22(32)35-27(23(33)37-13-28)15(2)9-17-18-12-20(29)19-10-16(31)11-21(34-14-36-5)25(19,4)26(18,30)8-7-24(17,27)3/h10-11,15,17-18,20H,6-9,12-14H2,1-5H3. The van der Waals surface area contributed by atoms with E-state index in [1.165, 1.54) is 23.9 Å². The third-order valence-corrected chi connectivity index (χ3v) is 10.7. The molecule has 0 aliphatic heterocycles. The van der Waals surface area contributed by atoms with Crippen LogP contribution in [-0.2, 0) is 23.9 Å². The van der Waals surface area contributed by atoms with Crippen molar-refractivity contribution in [2.75, 3.05) is 18.2 Å². The van der Waals surface area contributed by atoms with Gasteiger partial charge in [-0.1, -0.05) is 20.8 Å². The molecule has 4 aliphatic rings. The fourth-order valence-electron chi connectivity index (χ4n) is 7.91. The minimum Gasteiger partial charge on any atom is -0.486 e. The van der Waals surface area contributed by atoms with Gasteiger partial charge < -0.3 is 9.47 Å². The third kappa shape index (κ3) is 3.85. The molecule has 37 heavy (non-hydrogen) atoms. The van der Waals surface area contributed by atoms with E-state index in [0.717, 1.165) is 0 Å². The van der Waals surface area contributed by atoms with Crippen LogP contribution in [0.15, 0.2) is 23.5 Å². The Kier molecular flexibility index (Phi) is 7.69. The summed E-state index contributed by atoms with van der Waals surface area (Å²) in [6.45, 7) is 6.82. The molecule has 5 nitrogen and oxygen atoms in total. The summed E-state index contributed by atoms with van der Waals surface area (Å²) in [5.41, 5.74) is -6.01. The fraction of sp³-hybridized carbons (Fsp3) is 0.741. The molecular formula is C27H35F3O5S2. The van der Waals surface area contributed by atoms with Gasteiger partial charge in [0, 0.05) is 29.7 Å². The zero-order valence-corrected chi connectivity index (χ0v) is 23.5. The molecule has 3 saturated carbocycles. The first kappa shape index (κ1) is 28.6. The summed E-state index contributed by atoms with van der Waals surface area (Å²) >= 11 is 1.83. The second-order valence-corrected chi connectivity index (χ2v) is 12.8. The van der Waals surface area contributed by atoms with Gasteiger partial charge in [0.2, 0.25) is 5.12 Å². The van der Waals surface area contributed by atoms with E-state index < -0.39 is 68.9 Å². The predicted molar refractivity (Wildman–Crippen MR) is 138 cm³/mol. The summed E-state index contributed by atoms with van der Waals surface area (Å²) in [5.74, 6) is -2.54. The van der Waals surface area contributed by atoms with Gasteiger partial charge in [-0.25, -0.2) is 13.2 Å². The SMILES string of the molecule is CCC(=O)OC1(C(=O)SCF)C(C)CC2C3CC(F)C4=CC(=O)C=C(OCSC)C4(C)C3(F)CCC21C. The van der Waals surface area contributed by atoms with Crippen molar-refractivity contribution < 1.29 is 37.0 Å². The summed E-state index contributed by atoms with van der Waals surface area (Å²) < 4.78 is 58.8. The number of rotatable bonds is 7. The number of alkyl halides is 3. The van der Waals surface area contributed by atoms with E-state index in [4.69, 9.17) is 9.47 Å². The van der Waals surface area contributed by atoms with Gasteiger partial charge in [-0.05, 0) is 68.2 Å². The van der Waals surface area contributed by atoms with E-state index in [2.05, 4.69) is 0 Å². The highest BCUT2D eigenvalue weighted by Crippen LogP contribution is 2.73. The Balaban J connectivity index is 1.84. The summed E-state index contributed by atoms with van der Waals surface area (Å²) in [5, 5.41) is -0.577. The topological polar surface area (TPSA) is 69.7 Å². The molecule has 0 saturated heterocycles. The number of carbonyl (C=O) groups is 3. The second kappa shape index (κ2) is 9.96. The Morgan fingerprint density at radius 2 is 1.86 bits per heavy atom. The number of allylic oxidation sites excluding steroid dienone is 3. The fourth-order valence-corrected chi connectivity index (χ4v) is 8.94. The minimum atomic E-state index is -1.96.